The number of hydrogen-bond acceptors (Lipinski definition) is 4. The standard InChI is InChI=1S/C24H24N2O4S/c1-31(28,29)26(17-24(27)25-16-15-20-9-5-6-10-23(20)25)21-11-13-22(14-12-21)30-18-19-7-3-2-4-8-19/h2-14H,15-18H2,1H3. The average Bonchev–Trinajstić information content (AvgIpc) is 3.21. The van der Waals surface area contributed by atoms with E-state index in [4.69, 9.17) is 4.74 Å². The smallest absolute Gasteiger partial charge is 0.247 e. The van der Waals surface area contributed by atoms with E-state index in [9.17, 15) is 13.2 Å². The molecule has 3 aromatic rings. The lowest BCUT2D eigenvalue weighted by molar-refractivity contribution is -0.117. The normalized spacial score (nSPS) is 13.0. The SMILES string of the molecule is CS(=O)(=O)N(CC(=O)N1CCc2ccccc21)c1ccc(OCc2ccccc2)cc1. The molecule has 1 amide bonds. The Balaban J connectivity index is 1.47. The molecular formula is C24H24N2O4S. The number of carbonyl (C=O) groups excluding carboxylic acids is 1. The molecule has 0 bridgehead atoms. The van der Waals surface area contributed by atoms with Gasteiger partial charge < -0.3 is 9.64 Å². The van der Waals surface area contributed by atoms with Crippen LogP contribution < -0.4 is 13.9 Å². The second-order valence-corrected chi connectivity index (χ2v) is 9.37. The van der Waals surface area contributed by atoms with Crippen LogP contribution in [0.1, 0.15) is 11.1 Å². The molecular weight excluding hydrogens is 412 g/mol. The Morgan fingerprint density at radius 2 is 1.65 bits per heavy atom. The van der Waals surface area contributed by atoms with Gasteiger partial charge in [0.2, 0.25) is 15.9 Å². The number of nitrogens with zero attached hydrogens (tertiary/aromatic N) is 2. The van der Waals surface area contributed by atoms with Crippen LogP contribution in [0.25, 0.3) is 0 Å². The Morgan fingerprint density at radius 3 is 2.35 bits per heavy atom. The monoisotopic (exact) mass is 436 g/mol. The summed E-state index contributed by atoms with van der Waals surface area (Å²) in [7, 11) is -3.64. The molecule has 3 aromatic carbocycles. The highest BCUT2D eigenvalue weighted by atomic mass is 32.2. The topological polar surface area (TPSA) is 66.9 Å². The maximum absolute atomic E-state index is 13.0. The van der Waals surface area contributed by atoms with Gasteiger partial charge in [0.1, 0.15) is 18.9 Å². The van der Waals surface area contributed by atoms with Crippen LogP contribution in [-0.4, -0.2) is 33.7 Å². The molecule has 6 nitrogen and oxygen atoms in total. The van der Waals surface area contributed by atoms with Gasteiger partial charge in [-0.15, -0.1) is 0 Å². The van der Waals surface area contributed by atoms with Crippen LogP contribution in [0.4, 0.5) is 11.4 Å². The van der Waals surface area contributed by atoms with E-state index in [1.807, 2.05) is 54.6 Å². The fraction of sp³-hybridized carbons (Fsp3) is 0.208. The fourth-order valence-electron chi connectivity index (χ4n) is 3.66. The molecule has 4 rings (SSSR count). The highest BCUT2D eigenvalue weighted by Gasteiger charge is 2.28. The fourth-order valence-corrected chi connectivity index (χ4v) is 4.50. The van der Waals surface area contributed by atoms with E-state index in [-0.39, 0.29) is 12.5 Å². The zero-order valence-corrected chi connectivity index (χ0v) is 18.1. The van der Waals surface area contributed by atoms with Crippen molar-refractivity contribution < 1.29 is 17.9 Å². The van der Waals surface area contributed by atoms with Gasteiger partial charge in [0.25, 0.3) is 0 Å². The number of benzene rings is 3. The lowest BCUT2D eigenvalue weighted by Crippen LogP contribution is -2.42. The van der Waals surface area contributed by atoms with Gasteiger partial charge in [0, 0.05) is 12.2 Å². The van der Waals surface area contributed by atoms with Crippen LogP contribution in [0.15, 0.2) is 78.9 Å². The quantitative estimate of drug-likeness (QED) is 0.567. The molecule has 0 spiro atoms. The first-order valence-electron chi connectivity index (χ1n) is 10.0. The van der Waals surface area contributed by atoms with E-state index in [0.717, 1.165) is 33.8 Å². The van der Waals surface area contributed by atoms with Gasteiger partial charge in [0.05, 0.1) is 11.9 Å². The third-order valence-electron chi connectivity index (χ3n) is 5.24. The largest absolute Gasteiger partial charge is 0.489 e. The molecule has 0 saturated heterocycles. The van der Waals surface area contributed by atoms with E-state index in [1.54, 1.807) is 29.2 Å². The summed E-state index contributed by atoms with van der Waals surface area (Å²) in [5.41, 5.74) is 3.42. The summed E-state index contributed by atoms with van der Waals surface area (Å²) >= 11 is 0. The summed E-state index contributed by atoms with van der Waals surface area (Å²) in [5.74, 6) is 0.376. The number of amides is 1. The minimum atomic E-state index is -3.64. The zero-order chi connectivity index (χ0) is 21.8. The first kappa shape index (κ1) is 20.9. The minimum Gasteiger partial charge on any atom is -0.489 e. The van der Waals surface area contributed by atoms with Crippen molar-refractivity contribution in [2.45, 2.75) is 13.0 Å². The van der Waals surface area contributed by atoms with Gasteiger partial charge in [-0.2, -0.15) is 0 Å². The van der Waals surface area contributed by atoms with Crippen LogP contribution in [-0.2, 0) is 27.8 Å². The summed E-state index contributed by atoms with van der Waals surface area (Å²) in [6, 6.07) is 24.2. The summed E-state index contributed by atoms with van der Waals surface area (Å²) in [6.45, 7) is 0.724. The number of hydrogen-bond donors (Lipinski definition) is 0. The van der Waals surface area contributed by atoms with Crippen LogP contribution in [0.5, 0.6) is 5.75 Å². The van der Waals surface area contributed by atoms with Gasteiger partial charge >= 0.3 is 0 Å². The van der Waals surface area contributed by atoms with E-state index < -0.39 is 10.0 Å². The third-order valence-corrected chi connectivity index (χ3v) is 6.38. The Hall–Kier alpha value is -3.32. The Kier molecular flexibility index (Phi) is 5.95. The predicted octanol–water partition coefficient (Wildman–Crippen LogP) is 3.62. The summed E-state index contributed by atoms with van der Waals surface area (Å²) in [6.07, 6.45) is 1.88. The number of fused-ring (bicyclic) bond motifs is 1. The Bertz CT molecular complexity index is 1160. The van der Waals surface area contributed by atoms with Crippen molar-refractivity contribution in [1.29, 1.82) is 0 Å². The molecule has 0 aliphatic carbocycles. The predicted molar refractivity (Wildman–Crippen MR) is 122 cm³/mol. The van der Waals surface area contributed by atoms with Crippen LogP contribution in [0.3, 0.4) is 0 Å². The molecule has 0 N–H and O–H groups in total. The molecule has 1 heterocycles. The van der Waals surface area contributed by atoms with Crippen LogP contribution >= 0.6 is 0 Å². The van der Waals surface area contributed by atoms with Gasteiger partial charge in [-0.25, -0.2) is 8.42 Å². The molecule has 0 aromatic heterocycles. The van der Waals surface area contributed by atoms with Gasteiger partial charge in [-0.1, -0.05) is 48.5 Å². The Labute approximate surface area is 182 Å². The van der Waals surface area contributed by atoms with Crippen molar-refractivity contribution in [3.8, 4) is 5.75 Å². The first-order valence-corrected chi connectivity index (χ1v) is 11.9. The van der Waals surface area contributed by atoms with Crippen LogP contribution in [0.2, 0.25) is 0 Å². The molecule has 0 unspecified atom stereocenters. The van der Waals surface area contributed by atoms with Crippen molar-refractivity contribution in [3.05, 3.63) is 90.0 Å². The zero-order valence-electron chi connectivity index (χ0n) is 17.3. The maximum Gasteiger partial charge on any atom is 0.247 e. The Morgan fingerprint density at radius 1 is 0.968 bits per heavy atom. The second kappa shape index (κ2) is 8.81. The second-order valence-electron chi connectivity index (χ2n) is 7.46. The van der Waals surface area contributed by atoms with Crippen molar-refractivity contribution in [1.82, 2.24) is 0 Å². The third kappa shape index (κ3) is 4.88. The summed E-state index contributed by atoms with van der Waals surface area (Å²) in [4.78, 5) is 14.6. The lowest BCUT2D eigenvalue weighted by Gasteiger charge is -2.25. The number of rotatable bonds is 7. The van der Waals surface area contributed by atoms with Crippen molar-refractivity contribution in [2.24, 2.45) is 0 Å². The average molecular weight is 437 g/mol. The minimum absolute atomic E-state index is 0.250. The van der Waals surface area contributed by atoms with Gasteiger partial charge in [-0.05, 0) is 47.9 Å². The van der Waals surface area contributed by atoms with E-state index in [0.29, 0.717) is 24.6 Å². The van der Waals surface area contributed by atoms with Crippen molar-refractivity contribution in [2.75, 3.05) is 28.6 Å². The summed E-state index contributed by atoms with van der Waals surface area (Å²) in [5, 5.41) is 0. The van der Waals surface area contributed by atoms with Gasteiger partial charge in [-0.3, -0.25) is 9.10 Å². The molecule has 1 aliphatic rings. The number of para-hydroxylation sites is 1. The molecule has 160 valence electrons. The van der Waals surface area contributed by atoms with Crippen molar-refractivity contribution >= 4 is 27.3 Å². The van der Waals surface area contributed by atoms with Crippen molar-refractivity contribution in [3.63, 3.8) is 0 Å². The van der Waals surface area contributed by atoms with E-state index in [1.165, 1.54) is 0 Å². The summed E-state index contributed by atoms with van der Waals surface area (Å²) < 4.78 is 31.8. The number of ether oxygens (including phenoxy) is 1. The first-order chi connectivity index (χ1) is 14.9. The molecule has 1 aliphatic heterocycles. The molecule has 0 radical (unpaired) electrons. The molecule has 31 heavy (non-hydrogen) atoms. The molecule has 0 atom stereocenters. The molecule has 0 saturated carbocycles. The highest BCUT2D eigenvalue weighted by molar-refractivity contribution is 7.92. The number of carbonyl (C=O) groups is 1. The van der Waals surface area contributed by atoms with E-state index >= 15 is 0 Å². The molecule has 7 heteroatoms. The van der Waals surface area contributed by atoms with Crippen LogP contribution in [0, 0.1) is 0 Å². The lowest BCUT2D eigenvalue weighted by atomic mass is 10.2. The number of anilines is 2. The number of sulfonamides is 1. The van der Waals surface area contributed by atoms with E-state index in [2.05, 4.69) is 0 Å². The highest BCUT2D eigenvalue weighted by Crippen LogP contribution is 2.28. The molecule has 0 fully saturated rings. The maximum atomic E-state index is 13.0. The van der Waals surface area contributed by atoms with Gasteiger partial charge in [0.15, 0.2) is 0 Å².